The Labute approximate surface area is 122 Å². The molecule has 0 aliphatic rings. The van der Waals surface area contributed by atoms with Crippen LogP contribution in [-0.2, 0) is 4.79 Å². The Balaban J connectivity index is 2.69. The van der Waals surface area contributed by atoms with Crippen LogP contribution in [0.15, 0.2) is 18.2 Å². The lowest BCUT2D eigenvalue weighted by Crippen LogP contribution is -2.47. The SMILES string of the molecule is CCOc1cc(C)ccc1NC(=O)NCC(C)(O)C(=O)O. The van der Waals surface area contributed by atoms with Gasteiger partial charge in [0, 0.05) is 0 Å². The molecule has 1 unspecified atom stereocenters. The molecule has 0 saturated carbocycles. The number of carbonyl (C=O) groups is 2. The summed E-state index contributed by atoms with van der Waals surface area (Å²) in [6, 6.07) is 4.66. The Morgan fingerprint density at radius 3 is 2.62 bits per heavy atom. The molecule has 7 heteroatoms. The predicted octanol–water partition coefficient (Wildman–Crippen LogP) is 1.35. The van der Waals surface area contributed by atoms with E-state index in [1.807, 2.05) is 19.9 Å². The van der Waals surface area contributed by atoms with Crippen molar-refractivity contribution in [2.75, 3.05) is 18.5 Å². The normalized spacial score (nSPS) is 13.1. The van der Waals surface area contributed by atoms with Crippen LogP contribution in [0.2, 0.25) is 0 Å². The molecule has 2 amide bonds. The Morgan fingerprint density at radius 2 is 2.05 bits per heavy atom. The summed E-state index contributed by atoms with van der Waals surface area (Å²) in [7, 11) is 0. The molecule has 0 fully saturated rings. The Hall–Kier alpha value is -2.28. The third-order valence-electron chi connectivity index (χ3n) is 2.74. The molecule has 0 radical (unpaired) electrons. The third kappa shape index (κ3) is 4.96. The number of urea groups is 1. The van der Waals surface area contributed by atoms with Gasteiger partial charge >= 0.3 is 12.0 Å². The molecule has 0 spiro atoms. The van der Waals surface area contributed by atoms with Gasteiger partial charge in [-0.1, -0.05) is 6.07 Å². The number of hydrogen-bond acceptors (Lipinski definition) is 4. The van der Waals surface area contributed by atoms with E-state index in [1.165, 1.54) is 0 Å². The number of anilines is 1. The summed E-state index contributed by atoms with van der Waals surface area (Å²) in [6.45, 7) is 4.87. The first kappa shape index (κ1) is 16.8. The average Bonchev–Trinajstić information content (AvgIpc) is 2.40. The van der Waals surface area contributed by atoms with E-state index in [4.69, 9.17) is 9.84 Å². The maximum absolute atomic E-state index is 11.7. The molecule has 1 aromatic carbocycles. The van der Waals surface area contributed by atoms with Crippen LogP contribution in [0, 0.1) is 6.92 Å². The highest BCUT2D eigenvalue weighted by atomic mass is 16.5. The van der Waals surface area contributed by atoms with Crippen molar-refractivity contribution < 1.29 is 24.5 Å². The lowest BCUT2D eigenvalue weighted by Gasteiger charge is -2.19. The maximum atomic E-state index is 11.7. The van der Waals surface area contributed by atoms with E-state index in [1.54, 1.807) is 12.1 Å². The van der Waals surface area contributed by atoms with Crippen molar-refractivity contribution in [1.82, 2.24) is 5.32 Å². The van der Waals surface area contributed by atoms with Gasteiger partial charge in [0.05, 0.1) is 18.8 Å². The second-order valence-corrected chi connectivity index (χ2v) is 4.82. The second-order valence-electron chi connectivity index (χ2n) is 4.82. The molecule has 0 aliphatic heterocycles. The number of aliphatic hydroxyl groups is 1. The highest BCUT2D eigenvalue weighted by Crippen LogP contribution is 2.25. The van der Waals surface area contributed by atoms with E-state index in [9.17, 15) is 14.7 Å². The fourth-order valence-corrected chi connectivity index (χ4v) is 1.50. The predicted molar refractivity (Wildman–Crippen MR) is 77.6 cm³/mol. The zero-order valence-corrected chi connectivity index (χ0v) is 12.3. The highest BCUT2D eigenvalue weighted by Gasteiger charge is 2.30. The molecule has 116 valence electrons. The molecule has 1 aromatic rings. The number of hydrogen-bond donors (Lipinski definition) is 4. The van der Waals surface area contributed by atoms with Crippen LogP contribution in [0.3, 0.4) is 0 Å². The summed E-state index contributed by atoms with van der Waals surface area (Å²) in [6.07, 6.45) is 0. The van der Waals surface area contributed by atoms with Crippen molar-refractivity contribution in [3.05, 3.63) is 23.8 Å². The summed E-state index contributed by atoms with van der Waals surface area (Å²) in [4.78, 5) is 22.5. The quantitative estimate of drug-likeness (QED) is 0.634. The molecular formula is C14H20N2O5. The standard InChI is InChI=1S/C14H20N2O5/c1-4-21-11-7-9(2)5-6-10(11)16-13(19)15-8-14(3,20)12(17)18/h5-7,20H,4,8H2,1-3H3,(H,17,18)(H2,15,16,19). The number of ether oxygens (including phenoxy) is 1. The van der Waals surface area contributed by atoms with Crippen LogP contribution in [-0.4, -0.2) is 41.0 Å². The van der Waals surface area contributed by atoms with E-state index < -0.39 is 24.1 Å². The van der Waals surface area contributed by atoms with Crippen molar-refractivity contribution in [2.24, 2.45) is 0 Å². The lowest BCUT2D eigenvalue weighted by atomic mass is 10.1. The molecule has 0 aromatic heterocycles. The number of aryl methyl sites for hydroxylation is 1. The first-order valence-corrected chi connectivity index (χ1v) is 6.50. The summed E-state index contributed by atoms with van der Waals surface area (Å²) >= 11 is 0. The monoisotopic (exact) mass is 296 g/mol. The summed E-state index contributed by atoms with van der Waals surface area (Å²) in [5.74, 6) is -0.884. The number of carboxylic acids is 1. The minimum atomic E-state index is -2.02. The number of amides is 2. The van der Waals surface area contributed by atoms with Gasteiger partial charge in [0.2, 0.25) is 0 Å². The van der Waals surface area contributed by atoms with Crippen molar-refractivity contribution in [3.63, 3.8) is 0 Å². The van der Waals surface area contributed by atoms with Gasteiger partial charge in [-0.25, -0.2) is 9.59 Å². The molecule has 0 bridgehead atoms. The van der Waals surface area contributed by atoms with Crippen LogP contribution in [0.1, 0.15) is 19.4 Å². The fraction of sp³-hybridized carbons (Fsp3) is 0.429. The third-order valence-corrected chi connectivity index (χ3v) is 2.74. The van der Waals surface area contributed by atoms with E-state index in [0.29, 0.717) is 18.0 Å². The Morgan fingerprint density at radius 1 is 1.38 bits per heavy atom. The van der Waals surface area contributed by atoms with E-state index >= 15 is 0 Å². The van der Waals surface area contributed by atoms with Crippen molar-refractivity contribution >= 4 is 17.7 Å². The molecule has 0 saturated heterocycles. The average molecular weight is 296 g/mol. The van der Waals surface area contributed by atoms with E-state index in [0.717, 1.165) is 12.5 Å². The zero-order chi connectivity index (χ0) is 16.0. The van der Waals surface area contributed by atoms with Gasteiger partial charge < -0.3 is 25.6 Å². The molecule has 0 aliphatic carbocycles. The van der Waals surface area contributed by atoms with Gasteiger partial charge in [-0.15, -0.1) is 0 Å². The van der Waals surface area contributed by atoms with Crippen molar-refractivity contribution in [1.29, 1.82) is 0 Å². The minimum absolute atomic E-state index is 0.413. The first-order valence-electron chi connectivity index (χ1n) is 6.50. The number of aliphatic carboxylic acids is 1. The van der Waals surface area contributed by atoms with Gasteiger partial charge in [-0.05, 0) is 38.5 Å². The number of carbonyl (C=O) groups excluding carboxylic acids is 1. The Bertz CT molecular complexity index is 528. The molecule has 7 nitrogen and oxygen atoms in total. The highest BCUT2D eigenvalue weighted by molar-refractivity contribution is 5.91. The van der Waals surface area contributed by atoms with E-state index in [2.05, 4.69) is 10.6 Å². The maximum Gasteiger partial charge on any atom is 0.337 e. The van der Waals surface area contributed by atoms with Crippen LogP contribution in [0.25, 0.3) is 0 Å². The fourth-order valence-electron chi connectivity index (χ4n) is 1.50. The molecule has 0 heterocycles. The largest absolute Gasteiger partial charge is 0.492 e. The van der Waals surface area contributed by atoms with Crippen LogP contribution in [0.5, 0.6) is 5.75 Å². The topological polar surface area (TPSA) is 108 Å². The molecular weight excluding hydrogens is 276 g/mol. The summed E-state index contributed by atoms with van der Waals surface area (Å²) < 4.78 is 5.42. The summed E-state index contributed by atoms with van der Waals surface area (Å²) in [5, 5.41) is 23.1. The lowest BCUT2D eigenvalue weighted by molar-refractivity contribution is -0.155. The Kier molecular flexibility index (Phi) is 5.54. The van der Waals surface area contributed by atoms with Crippen LogP contribution in [0.4, 0.5) is 10.5 Å². The van der Waals surface area contributed by atoms with Gasteiger partial charge in [0.15, 0.2) is 5.60 Å². The van der Waals surface area contributed by atoms with Gasteiger partial charge in [-0.2, -0.15) is 0 Å². The number of nitrogens with one attached hydrogen (secondary N) is 2. The van der Waals surface area contributed by atoms with Crippen LogP contribution < -0.4 is 15.4 Å². The zero-order valence-electron chi connectivity index (χ0n) is 12.3. The molecule has 1 rings (SSSR count). The smallest absolute Gasteiger partial charge is 0.337 e. The van der Waals surface area contributed by atoms with Crippen molar-refractivity contribution in [2.45, 2.75) is 26.4 Å². The summed E-state index contributed by atoms with van der Waals surface area (Å²) in [5.41, 5.74) is -0.568. The van der Waals surface area contributed by atoms with Gasteiger partial charge in [-0.3, -0.25) is 0 Å². The van der Waals surface area contributed by atoms with Crippen molar-refractivity contribution in [3.8, 4) is 5.75 Å². The molecule has 21 heavy (non-hydrogen) atoms. The van der Waals surface area contributed by atoms with Gasteiger partial charge in [0.1, 0.15) is 5.75 Å². The number of carboxylic acid groups (broad SMARTS) is 1. The minimum Gasteiger partial charge on any atom is -0.492 e. The second kappa shape index (κ2) is 6.94. The first-order chi connectivity index (χ1) is 9.76. The number of rotatable bonds is 6. The van der Waals surface area contributed by atoms with E-state index in [-0.39, 0.29) is 0 Å². The van der Waals surface area contributed by atoms with Crippen LogP contribution >= 0.6 is 0 Å². The number of benzene rings is 1. The van der Waals surface area contributed by atoms with Gasteiger partial charge in [0.25, 0.3) is 0 Å². The molecule has 4 N–H and O–H groups in total. The molecule has 1 atom stereocenters.